The predicted octanol–water partition coefficient (Wildman–Crippen LogP) is 1.05. The highest BCUT2D eigenvalue weighted by Gasteiger charge is 2.33. The quantitative estimate of drug-likeness (QED) is 0.437. The molecule has 96 valence electrons. The van der Waals surface area contributed by atoms with Crippen LogP contribution in [0.4, 0.5) is 19.1 Å². The van der Waals surface area contributed by atoms with Gasteiger partial charge in [-0.2, -0.15) is 18.3 Å². The van der Waals surface area contributed by atoms with E-state index in [9.17, 15) is 13.2 Å². The highest BCUT2D eigenvalue weighted by Crippen LogP contribution is 2.31. The van der Waals surface area contributed by atoms with Gasteiger partial charge in [-0.05, 0) is 11.8 Å². The first-order valence-corrected chi connectivity index (χ1v) is 5.27. The Morgan fingerprint density at radius 3 is 2.67 bits per heavy atom. The summed E-state index contributed by atoms with van der Waals surface area (Å²) in [5.74, 6) is 4.69. The first-order valence-electron chi connectivity index (χ1n) is 4.45. The number of aromatic amines is 1. The van der Waals surface area contributed by atoms with Crippen LogP contribution >= 0.6 is 11.8 Å². The zero-order valence-corrected chi connectivity index (χ0v) is 9.38. The van der Waals surface area contributed by atoms with E-state index < -0.39 is 11.9 Å². The molecule has 0 aromatic carbocycles. The smallest absolute Gasteiger partial charge is 0.292 e. The molecule has 2 aromatic heterocycles. The van der Waals surface area contributed by atoms with Gasteiger partial charge in [-0.25, -0.2) is 20.8 Å². The van der Waals surface area contributed by atoms with Crippen molar-refractivity contribution in [2.75, 3.05) is 5.43 Å². The van der Waals surface area contributed by atoms with Gasteiger partial charge in [0.05, 0.1) is 0 Å². The summed E-state index contributed by atoms with van der Waals surface area (Å²) in [5.41, 5.74) is 0.887. The molecule has 0 saturated heterocycles. The number of aromatic nitrogens is 5. The number of nitrogens with two attached hydrogens (primary N) is 1. The van der Waals surface area contributed by atoms with Gasteiger partial charge < -0.3 is 0 Å². The second-order valence-electron chi connectivity index (χ2n) is 2.95. The number of hydrogen-bond acceptors (Lipinski definition) is 7. The summed E-state index contributed by atoms with van der Waals surface area (Å²) in [5, 5.41) is 6.41. The van der Waals surface area contributed by atoms with Gasteiger partial charge in [0, 0.05) is 6.07 Å². The molecule has 0 atom stereocenters. The third-order valence-electron chi connectivity index (χ3n) is 1.72. The number of nitrogen functional groups attached to an aromatic ring is 1. The molecule has 0 aliphatic heterocycles. The van der Waals surface area contributed by atoms with Gasteiger partial charge in [0.2, 0.25) is 5.95 Å². The molecule has 4 N–H and O–H groups in total. The molecule has 0 aliphatic carbocycles. The lowest BCUT2D eigenvalue weighted by Gasteiger charge is -2.08. The normalized spacial score (nSPS) is 11.6. The number of nitrogens with one attached hydrogen (secondary N) is 2. The van der Waals surface area contributed by atoms with E-state index in [1.54, 1.807) is 0 Å². The Morgan fingerprint density at radius 1 is 1.33 bits per heavy atom. The zero-order valence-electron chi connectivity index (χ0n) is 8.56. The van der Waals surface area contributed by atoms with Crippen molar-refractivity contribution in [3.63, 3.8) is 0 Å². The lowest BCUT2D eigenvalue weighted by Crippen LogP contribution is -2.15. The highest BCUT2D eigenvalue weighted by atomic mass is 32.2. The van der Waals surface area contributed by atoms with Crippen LogP contribution in [0.3, 0.4) is 0 Å². The van der Waals surface area contributed by atoms with Crippen molar-refractivity contribution >= 4 is 17.7 Å². The molecule has 2 rings (SSSR count). The zero-order chi connectivity index (χ0) is 13.2. The van der Waals surface area contributed by atoms with Crippen LogP contribution in [0, 0.1) is 0 Å². The SMILES string of the molecule is NNc1nc(Sc2ncn[nH]2)cc(C(F)(F)F)n1. The number of halogens is 3. The number of rotatable bonds is 3. The molecule has 0 unspecified atom stereocenters. The molecule has 0 amide bonds. The van der Waals surface area contributed by atoms with Crippen molar-refractivity contribution in [2.24, 2.45) is 5.84 Å². The van der Waals surface area contributed by atoms with Crippen molar-refractivity contribution in [3.05, 3.63) is 18.1 Å². The maximum atomic E-state index is 12.6. The van der Waals surface area contributed by atoms with Gasteiger partial charge in [0.25, 0.3) is 0 Å². The third-order valence-corrected chi connectivity index (χ3v) is 2.52. The maximum absolute atomic E-state index is 12.6. The summed E-state index contributed by atoms with van der Waals surface area (Å²) in [4.78, 5) is 10.8. The van der Waals surface area contributed by atoms with Crippen molar-refractivity contribution in [3.8, 4) is 0 Å². The Hall–Kier alpha value is -1.88. The van der Waals surface area contributed by atoms with E-state index in [0.29, 0.717) is 5.16 Å². The number of anilines is 1. The lowest BCUT2D eigenvalue weighted by atomic mass is 10.4. The van der Waals surface area contributed by atoms with Crippen LogP contribution in [-0.4, -0.2) is 25.1 Å². The minimum Gasteiger partial charge on any atom is -0.292 e. The Labute approximate surface area is 102 Å². The summed E-state index contributed by atoms with van der Waals surface area (Å²) < 4.78 is 37.7. The number of alkyl halides is 3. The number of hydrazine groups is 1. The van der Waals surface area contributed by atoms with Crippen molar-refractivity contribution in [2.45, 2.75) is 16.4 Å². The molecular weight excluding hydrogens is 271 g/mol. The topological polar surface area (TPSA) is 105 Å². The maximum Gasteiger partial charge on any atom is 0.433 e. The van der Waals surface area contributed by atoms with E-state index in [4.69, 9.17) is 5.84 Å². The fraction of sp³-hybridized carbons (Fsp3) is 0.143. The van der Waals surface area contributed by atoms with E-state index in [-0.39, 0.29) is 11.0 Å². The summed E-state index contributed by atoms with van der Waals surface area (Å²) >= 11 is 0.878. The molecule has 0 aliphatic rings. The highest BCUT2D eigenvalue weighted by molar-refractivity contribution is 7.99. The van der Waals surface area contributed by atoms with Crippen molar-refractivity contribution in [1.82, 2.24) is 25.1 Å². The van der Waals surface area contributed by atoms with Crippen LogP contribution in [0.25, 0.3) is 0 Å². The monoisotopic (exact) mass is 277 g/mol. The minimum atomic E-state index is -4.58. The summed E-state index contributed by atoms with van der Waals surface area (Å²) in [6.45, 7) is 0. The molecule has 0 fully saturated rings. The van der Waals surface area contributed by atoms with Crippen LogP contribution in [0.1, 0.15) is 5.69 Å². The van der Waals surface area contributed by atoms with Gasteiger partial charge in [-0.15, -0.1) is 0 Å². The van der Waals surface area contributed by atoms with E-state index in [1.807, 2.05) is 5.43 Å². The van der Waals surface area contributed by atoms with Gasteiger partial charge in [0.1, 0.15) is 11.4 Å². The van der Waals surface area contributed by atoms with Crippen molar-refractivity contribution < 1.29 is 13.2 Å². The fourth-order valence-electron chi connectivity index (χ4n) is 1.03. The van der Waals surface area contributed by atoms with Crippen LogP contribution < -0.4 is 11.3 Å². The van der Waals surface area contributed by atoms with Crippen LogP contribution in [0.5, 0.6) is 0 Å². The van der Waals surface area contributed by atoms with Crippen LogP contribution in [0.2, 0.25) is 0 Å². The molecule has 0 spiro atoms. The summed E-state index contributed by atoms with van der Waals surface area (Å²) in [6.07, 6.45) is -3.35. The molecule has 7 nitrogen and oxygen atoms in total. The van der Waals surface area contributed by atoms with E-state index >= 15 is 0 Å². The molecule has 11 heteroatoms. The van der Waals surface area contributed by atoms with E-state index in [0.717, 1.165) is 17.8 Å². The Bertz CT molecular complexity index is 526. The second kappa shape index (κ2) is 4.78. The first kappa shape index (κ1) is 12.6. The fourth-order valence-corrected chi connectivity index (χ4v) is 1.73. The Balaban J connectivity index is 2.35. The van der Waals surface area contributed by atoms with Crippen LogP contribution in [-0.2, 0) is 6.18 Å². The predicted molar refractivity (Wildman–Crippen MR) is 55.3 cm³/mol. The van der Waals surface area contributed by atoms with Gasteiger partial charge in [-0.3, -0.25) is 10.5 Å². The molecule has 0 radical (unpaired) electrons. The average Bonchev–Trinajstić information content (AvgIpc) is 2.80. The molecule has 2 heterocycles. The van der Waals surface area contributed by atoms with E-state index in [2.05, 4.69) is 25.1 Å². The standard InChI is InChI=1S/C7H6F3N7S/c8-7(9,10)3-1-4(15-5(14-3)16-11)18-6-12-2-13-17-6/h1-2H,11H2,(H,12,13,17)(H,14,15,16). The molecule has 0 saturated carbocycles. The van der Waals surface area contributed by atoms with Crippen molar-refractivity contribution in [1.29, 1.82) is 0 Å². The lowest BCUT2D eigenvalue weighted by molar-refractivity contribution is -0.141. The molecule has 18 heavy (non-hydrogen) atoms. The van der Waals surface area contributed by atoms with Gasteiger partial charge >= 0.3 is 6.18 Å². The van der Waals surface area contributed by atoms with Gasteiger partial charge in [0.15, 0.2) is 10.9 Å². The second-order valence-corrected chi connectivity index (χ2v) is 3.96. The van der Waals surface area contributed by atoms with E-state index in [1.165, 1.54) is 6.33 Å². The summed E-state index contributed by atoms with van der Waals surface area (Å²) in [7, 11) is 0. The molecular formula is C7H6F3N7S. The largest absolute Gasteiger partial charge is 0.433 e. The number of H-pyrrole nitrogens is 1. The Morgan fingerprint density at radius 2 is 2.11 bits per heavy atom. The van der Waals surface area contributed by atoms with Crippen LogP contribution in [0.15, 0.2) is 22.6 Å². The number of nitrogens with zero attached hydrogens (tertiary/aromatic N) is 4. The first-order chi connectivity index (χ1) is 8.49. The summed E-state index contributed by atoms with van der Waals surface area (Å²) in [6, 6.07) is 0.800. The molecule has 0 bridgehead atoms. The number of hydrogen-bond donors (Lipinski definition) is 3. The average molecular weight is 277 g/mol. The van der Waals surface area contributed by atoms with Gasteiger partial charge in [-0.1, -0.05) is 0 Å². The Kier molecular flexibility index (Phi) is 3.34. The third kappa shape index (κ3) is 2.87. The minimum absolute atomic E-state index is 0.0435. The molecule has 2 aromatic rings.